The molecule has 3 rings (SSSR count). The van der Waals surface area contributed by atoms with Crippen molar-refractivity contribution >= 4 is 23.5 Å². The highest BCUT2D eigenvalue weighted by molar-refractivity contribution is 5.91. The van der Waals surface area contributed by atoms with Gasteiger partial charge in [-0.3, -0.25) is 14.9 Å². The Bertz CT molecular complexity index is 780. The van der Waals surface area contributed by atoms with Crippen LogP contribution >= 0.6 is 0 Å². The molecule has 1 aliphatic heterocycles. The summed E-state index contributed by atoms with van der Waals surface area (Å²) >= 11 is 0. The zero-order chi connectivity index (χ0) is 19.0. The summed E-state index contributed by atoms with van der Waals surface area (Å²) in [5.74, 6) is -2.44. The van der Waals surface area contributed by atoms with Gasteiger partial charge < -0.3 is 15.3 Å². The average Bonchev–Trinajstić information content (AvgIpc) is 3.13. The Morgan fingerprint density at radius 2 is 2.15 bits per heavy atom. The number of ketones is 1. The van der Waals surface area contributed by atoms with Crippen molar-refractivity contribution < 1.29 is 24.4 Å². The number of aliphatic carboxylic acids is 1. The minimum absolute atomic E-state index is 0.107. The van der Waals surface area contributed by atoms with Crippen LogP contribution in [0.5, 0.6) is 0 Å². The van der Waals surface area contributed by atoms with Crippen molar-refractivity contribution in [1.29, 1.82) is 0 Å². The second-order valence-electron chi connectivity index (χ2n) is 6.52. The van der Waals surface area contributed by atoms with Gasteiger partial charge in [-0.2, -0.15) is 0 Å². The molecule has 1 saturated heterocycles. The van der Waals surface area contributed by atoms with Gasteiger partial charge in [-0.1, -0.05) is 12.1 Å². The fourth-order valence-corrected chi connectivity index (χ4v) is 4.20. The van der Waals surface area contributed by atoms with Crippen LogP contribution < -0.4 is 5.32 Å². The number of Topliss-reactive ketones (excluding diaryl/α,β-unsaturated/α-hetero) is 1. The van der Waals surface area contributed by atoms with Gasteiger partial charge in [0.05, 0.1) is 11.0 Å². The standard InChI is InChI=1S/C17H19N3O6/c1-2-18-17(24)19-14(9-4-3-5-10(8-9)20(25)26)13-11(6-7-12(13)21)15(19)16(22)23/h3-5,8,11,13-15H,2,6-7H2,1H3,(H,18,24)(H,22,23). The Hall–Kier alpha value is -2.97. The Balaban J connectivity index is 2.12. The Labute approximate surface area is 149 Å². The number of nitro benzene ring substituents is 1. The van der Waals surface area contributed by atoms with Crippen molar-refractivity contribution in [1.82, 2.24) is 10.2 Å². The summed E-state index contributed by atoms with van der Waals surface area (Å²) in [6.07, 6.45) is 0.648. The molecule has 9 nitrogen and oxygen atoms in total. The molecule has 2 N–H and O–H groups in total. The molecule has 1 aromatic carbocycles. The Morgan fingerprint density at radius 3 is 2.77 bits per heavy atom. The van der Waals surface area contributed by atoms with Crippen molar-refractivity contribution in [3.8, 4) is 0 Å². The molecule has 9 heteroatoms. The number of carbonyl (C=O) groups is 3. The number of non-ortho nitro benzene ring substituents is 1. The van der Waals surface area contributed by atoms with E-state index < -0.39 is 40.8 Å². The fraction of sp³-hybridized carbons (Fsp3) is 0.471. The van der Waals surface area contributed by atoms with Gasteiger partial charge in [0, 0.05) is 36.9 Å². The van der Waals surface area contributed by atoms with Crippen LogP contribution in [0.1, 0.15) is 31.4 Å². The first-order chi connectivity index (χ1) is 12.4. The lowest BCUT2D eigenvalue weighted by molar-refractivity contribution is -0.385. The number of hydrogen-bond donors (Lipinski definition) is 2. The molecule has 1 heterocycles. The van der Waals surface area contributed by atoms with Crippen LogP contribution in [0, 0.1) is 22.0 Å². The highest BCUT2D eigenvalue weighted by Gasteiger charge is 2.59. The van der Waals surface area contributed by atoms with Crippen LogP contribution in [0.4, 0.5) is 10.5 Å². The van der Waals surface area contributed by atoms with Gasteiger partial charge in [0.2, 0.25) is 0 Å². The maximum absolute atomic E-state index is 12.6. The van der Waals surface area contributed by atoms with Crippen LogP contribution in [0.2, 0.25) is 0 Å². The van der Waals surface area contributed by atoms with Gasteiger partial charge >= 0.3 is 12.0 Å². The molecule has 4 atom stereocenters. The van der Waals surface area contributed by atoms with E-state index in [4.69, 9.17) is 0 Å². The third kappa shape index (κ3) is 2.79. The Morgan fingerprint density at radius 1 is 1.42 bits per heavy atom. The number of nitro groups is 1. The lowest BCUT2D eigenvalue weighted by atomic mass is 9.86. The molecule has 4 unspecified atom stereocenters. The quantitative estimate of drug-likeness (QED) is 0.620. The number of benzene rings is 1. The van der Waals surface area contributed by atoms with E-state index >= 15 is 0 Å². The number of hydrogen-bond acceptors (Lipinski definition) is 5. The molecular weight excluding hydrogens is 342 g/mol. The number of amides is 2. The van der Waals surface area contributed by atoms with Crippen molar-refractivity contribution in [3.05, 3.63) is 39.9 Å². The number of carbonyl (C=O) groups excluding carboxylic acids is 2. The highest BCUT2D eigenvalue weighted by Crippen LogP contribution is 2.51. The number of urea groups is 1. The molecule has 0 spiro atoms. The molecular formula is C17H19N3O6. The summed E-state index contributed by atoms with van der Waals surface area (Å²) in [5, 5.41) is 23.4. The number of fused-ring (bicyclic) bond motifs is 1. The zero-order valence-electron chi connectivity index (χ0n) is 14.1. The molecule has 0 aromatic heterocycles. The minimum atomic E-state index is -1.17. The van der Waals surface area contributed by atoms with Crippen LogP contribution in [0.25, 0.3) is 0 Å². The largest absolute Gasteiger partial charge is 0.480 e. The lowest BCUT2D eigenvalue weighted by Gasteiger charge is -2.30. The zero-order valence-corrected chi connectivity index (χ0v) is 14.1. The molecule has 138 valence electrons. The molecule has 2 fully saturated rings. The van der Waals surface area contributed by atoms with E-state index in [1.54, 1.807) is 13.0 Å². The fourth-order valence-electron chi connectivity index (χ4n) is 4.20. The van der Waals surface area contributed by atoms with E-state index in [-0.39, 0.29) is 17.9 Å². The van der Waals surface area contributed by atoms with E-state index in [9.17, 15) is 29.6 Å². The van der Waals surface area contributed by atoms with Gasteiger partial charge in [-0.15, -0.1) is 0 Å². The molecule has 0 bridgehead atoms. The lowest BCUT2D eigenvalue weighted by Crippen LogP contribution is -2.48. The van der Waals surface area contributed by atoms with E-state index in [0.717, 1.165) is 0 Å². The molecule has 2 amide bonds. The molecule has 0 radical (unpaired) electrons. The van der Waals surface area contributed by atoms with Gasteiger partial charge in [0.1, 0.15) is 11.8 Å². The number of nitrogens with one attached hydrogen (secondary N) is 1. The molecule has 26 heavy (non-hydrogen) atoms. The number of carboxylic acid groups (broad SMARTS) is 1. The first kappa shape index (κ1) is 17.8. The van der Waals surface area contributed by atoms with Gasteiger partial charge in [-0.25, -0.2) is 9.59 Å². The molecule has 1 aliphatic carbocycles. The molecule has 2 aliphatic rings. The summed E-state index contributed by atoms with van der Waals surface area (Å²) in [4.78, 5) is 48.7. The maximum Gasteiger partial charge on any atom is 0.326 e. The summed E-state index contributed by atoms with van der Waals surface area (Å²) < 4.78 is 0. The summed E-state index contributed by atoms with van der Waals surface area (Å²) in [5.41, 5.74) is 0.235. The maximum atomic E-state index is 12.6. The first-order valence-electron chi connectivity index (χ1n) is 8.42. The normalized spacial score (nSPS) is 27.3. The van der Waals surface area contributed by atoms with E-state index in [1.165, 1.54) is 23.1 Å². The Kier molecular flexibility index (Phi) is 4.62. The van der Waals surface area contributed by atoms with Gasteiger partial charge in [0.15, 0.2) is 0 Å². The van der Waals surface area contributed by atoms with E-state index in [1.807, 2.05) is 0 Å². The summed E-state index contributed by atoms with van der Waals surface area (Å²) in [7, 11) is 0. The van der Waals surface area contributed by atoms with Crippen LogP contribution in [0.3, 0.4) is 0 Å². The van der Waals surface area contributed by atoms with Crippen molar-refractivity contribution in [2.75, 3.05) is 6.54 Å². The number of likely N-dealkylation sites (tertiary alicyclic amines) is 1. The highest BCUT2D eigenvalue weighted by atomic mass is 16.6. The van der Waals surface area contributed by atoms with Crippen molar-refractivity contribution in [3.63, 3.8) is 0 Å². The second-order valence-corrected chi connectivity index (χ2v) is 6.52. The summed E-state index contributed by atoms with van der Waals surface area (Å²) in [6.45, 7) is 2.00. The SMILES string of the molecule is CCNC(=O)N1C(C(=O)O)C2CCC(=O)C2C1c1cccc([N+](=O)[O-])c1. The minimum Gasteiger partial charge on any atom is -0.480 e. The van der Waals surface area contributed by atoms with E-state index in [2.05, 4.69) is 5.32 Å². The topological polar surface area (TPSA) is 130 Å². The predicted molar refractivity (Wildman–Crippen MR) is 89.4 cm³/mol. The summed E-state index contributed by atoms with van der Waals surface area (Å²) in [6, 6.07) is 3.15. The molecule has 1 aromatic rings. The molecule has 1 saturated carbocycles. The van der Waals surface area contributed by atoms with Crippen molar-refractivity contribution in [2.45, 2.75) is 31.8 Å². The van der Waals surface area contributed by atoms with Crippen molar-refractivity contribution in [2.24, 2.45) is 11.8 Å². The number of nitrogens with zero attached hydrogens (tertiary/aromatic N) is 2. The van der Waals surface area contributed by atoms with Crippen LogP contribution in [0.15, 0.2) is 24.3 Å². The van der Waals surface area contributed by atoms with Gasteiger partial charge in [0.25, 0.3) is 5.69 Å². The average molecular weight is 361 g/mol. The van der Waals surface area contributed by atoms with Gasteiger partial charge in [-0.05, 0) is 18.9 Å². The van der Waals surface area contributed by atoms with E-state index in [0.29, 0.717) is 18.5 Å². The first-order valence-corrected chi connectivity index (χ1v) is 8.42. The third-order valence-electron chi connectivity index (χ3n) is 5.14. The smallest absolute Gasteiger partial charge is 0.326 e. The predicted octanol–water partition coefficient (Wildman–Crippen LogP) is 1.73. The van der Waals surface area contributed by atoms with Crippen LogP contribution in [-0.2, 0) is 9.59 Å². The number of rotatable bonds is 4. The number of carboxylic acids is 1. The third-order valence-corrected chi connectivity index (χ3v) is 5.14. The monoisotopic (exact) mass is 361 g/mol. The second kappa shape index (κ2) is 6.74. The van der Waals surface area contributed by atoms with Crippen LogP contribution in [-0.4, -0.2) is 45.3 Å².